The number of aromatic nitrogens is 2. The summed E-state index contributed by atoms with van der Waals surface area (Å²) in [5.74, 6) is 0.199. The number of hydrogen-bond donors (Lipinski definition) is 0. The zero-order valence-corrected chi connectivity index (χ0v) is 14.0. The fourth-order valence-corrected chi connectivity index (χ4v) is 3.32. The van der Waals surface area contributed by atoms with Gasteiger partial charge in [0.15, 0.2) is 5.78 Å². The van der Waals surface area contributed by atoms with Crippen molar-refractivity contribution in [2.24, 2.45) is 7.05 Å². The Morgan fingerprint density at radius 1 is 1.28 bits per heavy atom. The van der Waals surface area contributed by atoms with Crippen LogP contribution in [0.3, 0.4) is 0 Å². The van der Waals surface area contributed by atoms with Gasteiger partial charge in [-0.05, 0) is 30.7 Å². The number of Topliss-reactive ketones (excluding diaryl/α,β-unsaturated/α-hetero) is 1. The van der Waals surface area contributed by atoms with Crippen molar-refractivity contribution in [3.8, 4) is 17.0 Å². The minimum atomic E-state index is -0.343. The molecule has 25 heavy (non-hydrogen) atoms. The zero-order valence-electron chi connectivity index (χ0n) is 14.0. The summed E-state index contributed by atoms with van der Waals surface area (Å²) in [5.41, 5.74) is 4.56. The summed E-state index contributed by atoms with van der Waals surface area (Å²) in [7, 11) is 1.77. The molecule has 0 atom stereocenters. The number of aryl methyl sites for hydroxylation is 2. The molecule has 4 rings (SSSR count). The number of rotatable bonds is 3. The highest BCUT2D eigenvalue weighted by Gasteiger charge is 2.28. The van der Waals surface area contributed by atoms with E-state index in [-0.39, 0.29) is 24.6 Å². The Bertz CT molecular complexity index is 991. The molecule has 126 valence electrons. The summed E-state index contributed by atoms with van der Waals surface area (Å²) in [6.45, 7) is 2.26. The van der Waals surface area contributed by atoms with E-state index in [0.717, 1.165) is 22.4 Å². The van der Waals surface area contributed by atoms with Crippen LogP contribution >= 0.6 is 0 Å². The van der Waals surface area contributed by atoms with Crippen LogP contribution in [0.15, 0.2) is 42.5 Å². The highest BCUT2D eigenvalue weighted by molar-refractivity contribution is 5.99. The molecule has 2 heterocycles. The molecule has 0 amide bonds. The number of nitrogens with zero attached hydrogens (tertiary/aromatic N) is 2. The zero-order chi connectivity index (χ0) is 17.6. The molecule has 0 unspecified atom stereocenters. The maximum absolute atomic E-state index is 13.7. The first-order valence-electron chi connectivity index (χ1n) is 8.10. The lowest BCUT2D eigenvalue weighted by atomic mass is 9.98. The van der Waals surface area contributed by atoms with Crippen LogP contribution in [0, 0.1) is 12.7 Å². The SMILES string of the molecule is Cc1cccc(CC(=O)c2nn(C)c3c2COc2ccc(F)cc2-3)c1. The number of ether oxygens (including phenoxy) is 1. The van der Waals surface area contributed by atoms with Gasteiger partial charge in [-0.3, -0.25) is 9.48 Å². The van der Waals surface area contributed by atoms with Gasteiger partial charge in [0.2, 0.25) is 0 Å². The summed E-state index contributed by atoms with van der Waals surface area (Å²) in [4.78, 5) is 12.8. The molecule has 0 saturated heterocycles. The first kappa shape index (κ1) is 15.6. The van der Waals surface area contributed by atoms with Gasteiger partial charge in [-0.2, -0.15) is 5.10 Å². The molecular formula is C20H17FN2O2. The molecule has 0 spiro atoms. The minimum Gasteiger partial charge on any atom is -0.488 e. The summed E-state index contributed by atoms with van der Waals surface area (Å²) in [6.07, 6.45) is 0.279. The van der Waals surface area contributed by atoms with E-state index in [1.807, 2.05) is 31.2 Å². The van der Waals surface area contributed by atoms with E-state index < -0.39 is 0 Å². The predicted molar refractivity (Wildman–Crippen MR) is 92.1 cm³/mol. The largest absolute Gasteiger partial charge is 0.488 e. The van der Waals surface area contributed by atoms with E-state index in [1.165, 1.54) is 12.1 Å². The van der Waals surface area contributed by atoms with E-state index in [1.54, 1.807) is 17.8 Å². The first-order chi connectivity index (χ1) is 12.0. The van der Waals surface area contributed by atoms with Crippen molar-refractivity contribution in [1.82, 2.24) is 9.78 Å². The van der Waals surface area contributed by atoms with Gasteiger partial charge in [0.1, 0.15) is 23.9 Å². The normalized spacial score (nSPS) is 12.3. The van der Waals surface area contributed by atoms with E-state index in [9.17, 15) is 9.18 Å². The molecule has 1 aliphatic rings. The number of carbonyl (C=O) groups excluding carboxylic acids is 1. The van der Waals surface area contributed by atoms with E-state index in [0.29, 0.717) is 17.0 Å². The number of carbonyl (C=O) groups is 1. The lowest BCUT2D eigenvalue weighted by molar-refractivity contribution is 0.0985. The Morgan fingerprint density at radius 3 is 2.92 bits per heavy atom. The molecule has 4 nitrogen and oxygen atoms in total. The molecule has 0 aliphatic carbocycles. The van der Waals surface area contributed by atoms with Crippen LogP contribution in [0.2, 0.25) is 0 Å². The van der Waals surface area contributed by atoms with Crippen molar-refractivity contribution in [2.45, 2.75) is 20.0 Å². The second kappa shape index (κ2) is 5.84. The fraction of sp³-hybridized carbons (Fsp3) is 0.200. The van der Waals surface area contributed by atoms with Crippen LogP contribution in [0.25, 0.3) is 11.3 Å². The van der Waals surface area contributed by atoms with E-state index >= 15 is 0 Å². The average Bonchev–Trinajstić information content (AvgIpc) is 2.92. The van der Waals surface area contributed by atoms with Crippen LogP contribution in [0.5, 0.6) is 5.75 Å². The molecule has 1 aliphatic heterocycles. The van der Waals surface area contributed by atoms with Gasteiger partial charge in [-0.25, -0.2) is 4.39 Å². The van der Waals surface area contributed by atoms with Crippen molar-refractivity contribution in [3.05, 3.63) is 70.7 Å². The van der Waals surface area contributed by atoms with Gasteiger partial charge < -0.3 is 4.74 Å². The van der Waals surface area contributed by atoms with Crippen LogP contribution in [-0.4, -0.2) is 15.6 Å². The summed E-state index contributed by atoms with van der Waals surface area (Å²) < 4.78 is 21.0. The van der Waals surface area contributed by atoms with Crippen molar-refractivity contribution in [2.75, 3.05) is 0 Å². The van der Waals surface area contributed by atoms with Crippen molar-refractivity contribution in [3.63, 3.8) is 0 Å². The van der Waals surface area contributed by atoms with Crippen LogP contribution in [0.1, 0.15) is 27.2 Å². The maximum atomic E-state index is 13.7. The van der Waals surface area contributed by atoms with Crippen molar-refractivity contribution >= 4 is 5.78 Å². The number of hydrogen-bond acceptors (Lipinski definition) is 3. The molecule has 0 N–H and O–H groups in total. The molecule has 0 saturated carbocycles. The molecule has 1 aromatic heterocycles. The number of halogens is 1. The quantitative estimate of drug-likeness (QED) is 0.682. The van der Waals surface area contributed by atoms with Gasteiger partial charge in [-0.1, -0.05) is 29.8 Å². The van der Waals surface area contributed by atoms with Gasteiger partial charge in [-0.15, -0.1) is 0 Å². The first-order valence-corrected chi connectivity index (χ1v) is 8.10. The molecule has 0 radical (unpaired) electrons. The second-order valence-corrected chi connectivity index (χ2v) is 6.32. The van der Waals surface area contributed by atoms with Crippen LogP contribution < -0.4 is 4.74 Å². The van der Waals surface area contributed by atoms with Gasteiger partial charge >= 0.3 is 0 Å². The molecule has 0 bridgehead atoms. The maximum Gasteiger partial charge on any atom is 0.187 e. The van der Waals surface area contributed by atoms with Crippen molar-refractivity contribution < 1.29 is 13.9 Å². The molecular weight excluding hydrogens is 319 g/mol. The lowest BCUT2D eigenvalue weighted by Crippen LogP contribution is -2.11. The standard InChI is InChI=1S/C20H17FN2O2/c1-12-4-3-5-13(8-12)9-17(24)19-16-11-25-18-7-6-14(21)10-15(18)20(16)23(2)22-19/h3-8,10H,9,11H2,1-2H3. The van der Waals surface area contributed by atoms with Crippen LogP contribution in [0.4, 0.5) is 4.39 Å². The third-order valence-electron chi connectivity index (χ3n) is 4.43. The monoisotopic (exact) mass is 336 g/mol. The highest BCUT2D eigenvalue weighted by Crippen LogP contribution is 2.39. The Hall–Kier alpha value is -2.95. The number of benzene rings is 2. The van der Waals surface area contributed by atoms with E-state index in [2.05, 4.69) is 5.10 Å². The predicted octanol–water partition coefficient (Wildman–Crippen LogP) is 3.85. The second-order valence-electron chi connectivity index (χ2n) is 6.32. The number of fused-ring (bicyclic) bond motifs is 3. The van der Waals surface area contributed by atoms with Crippen LogP contribution in [-0.2, 0) is 20.1 Å². The lowest BCUT2D eigenvalue weighted by Gasteiger charge is -2.18. The third kappa shape index (κ3) is 2.71. The smallest absolute Gasteiger partial charge is 0.187 e. The summed E-state index contributed by atoms with van der Waals surface area (Å²) in [6, 6.07) is 12.3. The molecule has 2 aromatic carbocycles. The Labute approximate surface area is 144 Å². The highest BCUT2D eigenvalue weighted by atomic mass is 19.1. The minimum absolute atomic E-state index is 0.0640. The van der Waals surface area contributed by atoms with Crippen molar-refractivity contribution in [1.29, 1.82) is 0 Å². The Morgan fingerprint density at radius 2 is 2.12 bits per heavy atom. The summed E-state index contributed by atoms with van der Waals surface area (Å²) >= 11 is 0. The average molecular weight is 336 g/mol. The molecule has 0 fully saturated rings. The Kier molecular flexibility index (Phi) is 3.64. The van der Waals surface area contributed by atoms with Gasteiger partial charge in [0.25, 0.3) is 0 Å². The third-order valence-corrected chi connectivity index (χ3v) is 4.43. The Balaban J connectivity index is 1.74. The molecule has 3 aromatic rings. The molecule has 5 heteroatoms. The number of ketones is 1. The summed E-state index contributed by atoms with van der Waals surface area (Å²) in [5, 5.41) is 4.40. The fourth-order valence-electron chi connectivity index (χ4n) is 3.32. The van der Waals surface area contributed by atoms with E-state index in [4.69, 9.17) is 4.74 Å². The van der Waals surface area contributed by atoms with Gasteiger partial charge in [0, 0.05) is 24.6 Å². The topological polar surface area (TPSA) is 44.1 Å². The van der Waals surface area contributed by atoms with Gasteiger partial charge in [0.05, 0.1) is 5.69 Å².